The zero-order valence-corrected chi connectivity index (χ0v) is 10.6. The number of nitrogens with zero attached hydrogens (tertiary/aromatic N) is 1. The molecule has 0 amide bonds. The Balaban J connectivity index is 3.36. The lowest BCUT2D eigenvalue weighted by Crippen LogP contribution is -2.34. The molecule has 0 radical (unpaired) electrons. The third kappa shape index (κ3) is 6.39. The summed E-state index contributed by atoms with van der Waals surface area (Å²) in [6.45, 7) is 17.1. The average molecular weight is 200 g/mol. The Bertz CT molecular complexity index is 115. The number of hydrogen-bond acceptors (Lipinski definition) is 2. The van der Waals surface area contributed by atoms with Gasteiger partial charge in [-0.3, -0.25) is 0 Å². The molecule has 0 bridgehead atoms. The van der Waals surface area contributed by atoms with Crippen molar-refractivity contribution in [3.63, 3.8) is 0 Å². The Labute approximate surface area is 90.1 Å². The molecule has 0 aliphatic carbocycles. The molecular weight excluding hydrogens is 172 g/mol. The van der Waals surface area contributed by atoms with E-state index in [1.54, 1.807) is 0 Å². The van der Waals surface area contributed by atoms with Crippen molar-refractivity contribution in [1.82, 2.24) is 10.2 Å². The SMILES string of the molecule is CCN(CC)CCNCC(C)C(C)C. The summed E-state index contributed by atoms with van der Waals surface area (Å²) in [6.07, 6.45) is 0. The second-order valence-corrected chi connectivity index (χ2v) is 4.45. The van der Waals surface area contributed by atoms with Crippen molar-refractivity contribution < 1.29 is 0 Å². The summed E-state index contributed by atoms with van der Waals surface area (Å²) in [4.78, 5) is 2.45. The minimum absolute atomic E-state index is 0.784. The van der Waals surface area contributed by atoms with Gasteiger partial charge in [-0.1, -0.05) is 34.6 Å². The third-order valence-electron chi connectivity index (χ3n) is 3.10. The van der Waals surface area contributed by atoms with E-state index in [0.29, 0.717) is 0 Å². The van der Waals surface area contributed by atoms with Gasteiger partial charge < -0.3 is 10.2 Å². The minimum atomic E-state index is 0.784. The van der Waals surface area contributed by atoms with Gasteiger partial charge in [0.05, 0.1) is 0 Å². The van der Waals surface area contributed by atoms with Gasteiger partial charge >= 0.3 is 0 Å². The molecule has 0 saturated carbocycles. The van der Waals surface area contributed by atoms with Crippen molar-refractivity contribution in [1.29, 1.82) is 0 Å². The highest BCUT2D eigenvalue weighted by atomic mass is 15.1. The molecule has 14 heavy (non-hydrogen) atoms. The van der Waals surface area contributed by atoms with Crippen LogP contribution in [0.3, 0.4) is 0 Å². The Kier molecular flexibility index (Phi) is 8.20. The molecule has 0 aromatic rings. The molecule has 0 spiro atoms. The monoisotopic (exact) mass is 200 g/mol. The Hall–Kier alpha value is -0.0800. The van der Waals surface area contributed by atoms with Crippen LogP contribution in [0.1, 0.15) is 34.6 Å². The van der Waals surface area contributed by atoms with Crippen molar-refractivity contribution in [3.05, 3.63) is 0 Å². The molecule has 1 unspecified atom stereocenters. The Morgan fingerprint density at radius 1 is 1.07 bits per heavy atom. The molecule has 2 heteroatoms. The smallest absolute Gasteiger partial charge is 0.0107 e. The minimum Gasteiger partial charge on any atom is -0.315 e. The van der Waals surface area contributed by atoms with Gasteiger partial charge in [0, 0.05) is 13.1 Å². The molecule has 0 fully saturated rings. The molecule has 0 aliphatic rings. The molecule has 0 rings (SSSR count). The van der Waals surface area contributed by atoms with Crippen LogP contribution < -0.4 is 5.32 Å². The van der Waals surface area contributed by atoms with Crippen molar-refractivity contribution in [2.45, 2.75) is 34.6 Å². The molecule has 0 aliphatic heterocycles. The number of nitrogens with one attached hydrogen (secondary N) is 1. The van der Waals surface area contributed by atoms with E-state index in [4.69, 9.17) is 0 Å². The van der Waals surface area contributed by atoms with E-state index >= 15 is 0 Å². The summed E-state index contributed by atoms with van der Waals surface area (Å²) in [5.74, 6) is 1.57. The quantitative estimate of drug-likeness (QED) is 0.604. The summed E-state index contributed by atoms with van der Waals surface area (Å²) in [5.41, 5.74) is 0. The first-order valence-electron chi connectivity index (χ1n) is 6.04. The lowest BCUT2D eigenvalue weighted by Gasteiger charge is -2.20. The van der Waals surface area contributed by atoms with Crippen LogP contribution >= 0.6 is 0 Å². The number of hydrogen-bond donors (Lipinski definition) is 1. The standard InChI is InChI=1S/C12H28N2/c1-6-14(7-2)9-8-13-10-12(5)11(3)4/h11-13H,6-10H2,1-5H3. The molecule has 0 saturated heterocycles. The van der Waals surface area contributed by atoms with Gasteiger partial charge in [-0.2, -0.15) is 0 Å². The van der Waals surface area contributed by atoms with Crippen LogP contribution in [-0.4, -0.2) is 37.6 Å². The van der Waals surface area contributed by atoms with Crippen LogP contribution in [0.2, 0.25) is 0 Å². The first-order chi connectivity index (χ1) is 6.61. The van der Waals surface area contributed by atoms with Gasteiger partial charge in [0.25, 0.3) is 0 Å². The van der Waals surface area contributed by atoms with Crippen LogP contribution in [0, 0.1) is 11.8 Å². The summed E-state index contributed by atoms with van der Waals surface area (Å²) in [5, 5.41) is 3.52. The highest BCUT2D eigenvalue weighted by Crippen LogP contribution is 2.07. The van der Waals surface area contributed by atoms with E-state index in [9.17, 15) is 0 Å². The summed E-state index contributed by atoms with van der Waals surface area (Å²) in [6, 6.07) is 0. The molecule has 0 aromatic carbocycles. The van der Waals surface area contributed by atoms with Crippen molar-refractivity contribution in [2.24, 2.45) is 11.8 Å². The lowest BCUT2D eigenvalue weighted by molar-refractivity contribution is 0.295. The summed E-state index contributed by atoms with van der Waals surface area (Å²) < 4.78 is 0. The normalized spacial score (nSPS) is 13.9. The molecule has 1 atom stereocenters. The fourth-order valence-electron chi connectivity index (χ4n) is 1.34. The van der Waals surface area contributed by atoms with Crippen LogP contribution in [0.15, 0.2) is 0 Å². The highest BCUT2D eigenvalue weighted by molar-refractivity contribution is 4.62. The zero-order valence-electron chi connectivity index (χ0n) is 10.6. The van der Waals surface area contributed by atoms with Crippen LogP contribution in [-0.2, 0) is 0 Å². The number of rotatable bonds is 8. The van der Waals surface area contributed by atoms with Gasteiger partial charge in [-0.05, 0) is 31.5 Å². The fourth-order valence-corrected chi connectivity index (χ4v) is 1.34. The van der Waals surface area contributed by atoms with Gasteiger partial charge in [0.15, 0.2) is 0 Å². The van der Waals surface area contributed by atoms with Gasteiger partial charge in [0.1, 0.15) is 0 Å². The second kappa shape index (κ2) is 8.25. The van der Waals surface area contributed by atoms with Crippen LogP contribution in [0.4, 0.5) is 0 Å². The van der Waals surface area contributed by atoms with E-state index in [-0.39, 0.29) is 0 Å². The predicted molar refractivity (Wildman–Crippen MR) is 64.7 cm³/mol. The average Bonchev–Trinajstić information content (AvgIpc) is 2.17. The number of likely N-dealkylation sites (N-methyl/N-ethyl adjacent to an activating group) is 1. The maximum absolute atomic E-state index is 3.52. The summed E-state index contributed by atoms with van der Waals surface area (Å²) in [7, 11) is 0. The van der Waals surface area contributed by atoms with Crippen LogP contribution in [0.5, 0.6) is 0 Å². The van der Waals surface area contributed by atoms with Gasteiger partial charge in [-0.25, -0.2) is 0 Å². The molecular formula is C12H28N2. The maximum Gasteiger partial charge on any atom is 0.0107 e. The van der Waals surface area contributed by atoms with E-state index < -0.39 is 0 Å². The second-order valence-electron chi connectivity index (χ2n) is 4.45. The van der Waals surface area contributed by atoms with Crippen molar-refractivity contribution in [3.8, 4) is 0 Å². The van der Waals surface area contributed by atoms with Crippen molar-refractivity contribution >= 4 is 0 Å². The van der Waals surface area contributed by atoms with Crippen molar-refractivity contribution in [2.75, 3.05) is 32.7 Å². The first kappa shape index (κ1) is 13.9. The largest absolute Gasteiger partial charge is 0.315 e. The third-order valence-corrected chi connectivity index (χ3v) is 3.10. The molecule has 86 valence electrons. The topological polar surface area (TPSA) is 15.3 Å². The summed E-state index contributed by atoms with van der Waals surface area (Å²) >= 11 is 0. The highest BCUT2D eigenvalue weighted by Gasteiger charge is 2.05. The fraction of sp³-hybridized carbons (Fsp3) is 1.00. The van der Waals surface area contributed by atoms with E-state index in [2.05, 4.69) is 44.8 Å². The molecule has 0 aromatic heterocycles. The van der Waals surface area contributed by atoms with E-state index in [1.807, 2.05) is 0 Å². The molecule has 1 N–H and O–H groups in total. The molecule has 2 nitrogen and oxygen atoms in total. The lowest BCUT2D eigenvalue weighted by atomic mass is 9.98. The van der Waals surface area contributed by atoms with E-state index in [1.165, 1.54) is 6.54 Å². The van der Waals surface area contributed by atoms with Gasteiger partial charge in [0.2, 0.25) is 0 Å². The maximum atomic E-state index is 3.52. The Morgan fingerprint density at radius 3 is 2.07 bits per heavy atom. The van der Waals surface area contributed by atoms with Gasteiger partial charge in [-0.15, -0.1) is 0 Å². The first-order valence-corrected chi connectivity index (χ1v) is 6.04. The Morgan fingerprint density at radius 2 is 1.64 bits per heavy atom. The molecule has 0 heterocycles. The zero-order chi connectivity index (χ0) is 11.0. The predicted octanol–water partition coefficient (Wildman–Crippen LogP) is 2.21. The van der Waals surface area contributed by atoms with Crippen LogP contribution in [0.25, 0.3) is 0 Å². The van der Waals surface area contributed by atoms with E-state index in [0.717, 1.165) is 38.0 Å².